The van der Waals surface area contributed by atoms with Crippen molar-refractivity contribution in [3.8, 4) is 0 Å². The molecule has 0 saturated carbocycles. The molecule has 0 aliphatic rings. The monoisotopic (exact) mass is 312 g/mol. The number of aldehydes is 1. The fraction of sp³-hybridized carbons (Fsp3) is 0. The predicted octanol–water partition coefficient (Wildman–Crippen LogP) is 4.18. The molecule has 0 radical (unpaired) electrons. The maximum atomic E-state index is 10.6. The number of hydrogen-bond acceptors (Lipinski definition) is 1. The van der Waals surface area contributed by atoms with Gasteiger partial charge in [-0.25, -0.2) is 0 Å². The van der Waals surface area contributed by atoms with Gasteiger partial charge in [-0.05, 0) is 29.0 Å². The minimum atomic E-state index is 0.695. The topological polar surface area (TPSA) is 17.1 Å². The molecule has 1 nitrogen and oxygen atoms in total. The van der Waals surface area contributed by atoms with Crippen LogP contribution < -0.4 is 0 Å². The fourth-order valence-electron chi connectivity index (χ4n) is 1.37. The number of halogens is 2. The van der Waals surface area contributed by atoms with E-state index in [9.17, 15) is 4.79 Å². The summed E-state index contributed by atoms with van der Waals surface area (Å²) in [5.41, 5.74) is 0.695. The lowest BCUT2D eigenvalue weighted by Crippen LogP contribution is -1.81. The summed E-state index contributed by atoms with van der Waals surface area (Å²) in [6.45, 7) is 0. The zero-order valence-electron chi connectivity index (χ0n) is 7.13. The molecule has 0 unspecified atom stereocenters. The molecule has 3 heteroatoms. The van der Waals surface area contributed by atoms with Crippen molar-refractivity contribution in [2.75, 3.05) is 0 Å². The Morgan fingerprint density at radius 1 is 1.07 bits per heavy atom. The Kier molecular flexibility index (Phi) is 2.70. The summed E-state index contributed by atoms with van der Waals surface area (Å²) in [7, 11) is 0. The SMILES string of the molecule is O=Cc1ccc2cc(Br)cc(Br)c2c1. The molecule has 0 aliphatic carbocycles. The van der Waals surface area contributed by atoms with Crippen molar-refractivity contribution in [1.29, 1.82) is 0 Å². The molecule has 2 aromatic rings. The van der Waals surface area contributed by atoms with E-state index in [1.165, 1.54) is 0 Å². The zero-order chi connectivity index (χ0) is 10.1. The van der Waals surface area contributed by atoms with Crippen LogP contribution in [0.25, 0.3) is 10.8 Å². The van der Waals surface area contributed by atoms with Crippen LogP contribution in [0.5, 0.6) is 0 Å². The van der Waals surface area contributed by atoms with Crippen LogP contribution >= 0.6 is 31.9 Å². The first-order chi connectivity index (χ1) is 6.70. The van der Waals surface area contributed by atoms with E-state index >= 15 is 0 Å². The Balaban J connectivity index is 2.81. The maximum Gasteiger partial charge on any atom is 0.150 e. The molecule has 2 rings (SSSR count). The van der Waals surface area contributed by atoms with Gasteiger partial charge in [0, 0.05) is 14.5 Å². The summed E-state index contributed by atoms with van der Waals surface area (Å²) in [6, 6.07) is 9.62. The molecule has 0 bridgehead atoms. The fourth-order valence-corrected chi connectivity index (χ4v) is 2.74. The van der Waals surface area contributed by atoms with E-state index in [1.54, 1.807) is 0 Å². The number of carbonyl (C=O) groups is 1. The van der Waals surface area contributed by atoms with Crippen molar-refractivity contribution in [2.45, 2.75) is 0 Å². The average molecular weight is 314 g/mol. The van der Waals surface area contributed by atoms with Crippen molar-refractivity contribution in [3.63, 3.8) is 0 Å². The Labute approximate surface area is 98.4 Å². The first-order valence-corrected chi connectivity index (χ1v) is 5.63. The van der Waals surface area contributed by atoms with Crippen LogP contribution in [0.1, 0.15) is 10.4 Å². The van der Waals surface area contributed by atoms with Crippen LogP contribution in [0.4, 0.5) is 0 Å². The van der Waals surface area contributed by atoms with Gasteiger partial charge in [-0.15, -0.1) is 0 Å². The number of fused-ring (bicyclic) bond motifs is 1. The van der Waals surface area contributed by atoms with Crippen LogP contribution in [0, 0.1) is 0 Å². The normalized spacial score (nSPS) is 10.4. The molecule has 0 heterocycles. The van der Waals surface area contributed by atoms with Gasteiger partial charge < -0.3 is 0 Å². The maximum absolute atomic E-state index is 10.6. The summed E-state index contributed by atoms with van der Waals surface area (Å²) < 4.78 is 2.02. The van der Waals surface area contributed by atoms with E-state index in [0.717, 1.165) is 26.0 Å². The number of rotatable bonds is 1. The smallest absolute Gasteiger partial charge is 0.150 e. The molecule has 14 heavy (non-hydrogen) atoms. The molecule has 2 aromatic carbocycles. The summed E-state index contributed by atoms with van der Waals surface area (Å²) in [5, 5.41) is 2.16. The molecule has 70 valence electrons. The van der Waals surface area contributed by atoms with Crippen LogP contribution in [-0.4, -0.2) is 6.29 Å². The van der Waals surface area contributed by atoms with E-state index < -0.39 is 0 Å². The highest BCUT2D eigenvalue weighted by Crippen LogP contribution is 2.28. The number of benzene rings is 2. The first-order valence-electron chi connectivity index (χ1n) is 4.05. The van der Waals surface area contributed by atoms with Crippen LogP contribution in [0.15, 0.2) is 39.3 Å². The zero-order valence-corrected chi connectivity index (χ0v) is 10.3. The number of carbonyl (C=O) groups excluding carboxylic acids is 1. The molecular formula is C11H6Br2O. The number of hydrogen-bond donors (Lipinski definition) is 0. The van der Waals surface area contributed by atoms with Crippen LogP contribution in [0.2, 0.25) is 0 Å². The lowest BCUT2D eigenvalue weighted by Gasteiger charge is -2.02. The summed E-state index contributed by atoms with van der Waals surface area (Å²) in [5.74, 6) is 0. The third kappa shape index (κ3) is 1.74. The van der Waals surface area contributed by atoms with Gasteiger partial charge >= 0.3 is 0 Å². The Bertz CT molecular complexity index is 506. The third-order valence-electron chi connectivity index (χ3n) is 2.03. The van der Waals surface area contributed by atoms with Crippen molar-refractivity contribution >= 4 is 48.9 Å². The lowest BCUT2D eigenvalue weighted by atomic mass is 10.1. The molecular weight excluding hydrogens is 308 g/mol. The quantitative estimate of drug-likeness (QED) is 0.722. The summed E-state index contributed by atoms with van der Waals surface area (Å²) in [6.07, 6.45) is 0.855. The van der Waals surface area contributed by atoms with Gasteiger partial charge in [0.1, 0.15) is 6.29 Å². The van der Waals surface area contributed by atoms with Crippen molar-refractivity contribution < 1.29 is 4.79 Å². The third-order valence-corrected chi connectivity index (χ3v) is 3.14. The highest BCUT2D eigenvalue weighted by molar-refractivity contribution is 9.11. The van der Waals surface area contributed by atoms with Crippen LogP contribution in [-0.2, 0) is 0 Å². The summed E-state index contributed by atoms with van der Waals surface area (Å²) in [4.78, 5) is 10.6. The predicted molar refractivity (Wildman–Crippen MR) is 64.7 cm³/mol. The molecule has 0 fully saturated rings. The van der Waals surface area contributed by atoms with Gasteiger partial charge in [-0.1, -0.05) is 44.0 Å². The van der Waals surface area contributed by atoms with Gasteiger partial charge in [0.05, 0.1) is 0 Å². The minimum Gasteiger partial charge on any atom is -0.298 e. The van der Waals surface area contributed by atoms with E-state index in [4.69, 9.17) is 0 Å². The second-order valence-electron chi connectivity index (χ2n) is 2.99. The van der Waals surface area contributed by atoms with Crippen molar-refractivity contribution in [3.05, 3.63) is 44.8 Å². The molecule has 0 spiro atoms. The van der Waals surface area contributed by atoms with E-state index in [2.05, 4.69) is 31.9 Å². The molecule has 0 atom stereocenters. The molecule has 0 amide bonds. The van der Waals surface area contributed by atoms with Crippen molar-refractivity contribution in [2.24, 2.45) is 0 Å². The first kappa shape index (κ1) is 9.87. The molecule has 0 saturated heterocycles. The van der Waals surface area contributed by atoms with Gasteiger partial charge in [0.25, 0.3) is 0 Å². The highest BCUT2D eigenvalue weighted by atomic mass is 79.9. The van der Waals surface area contributed by atoms with E-state index in [-0.39, 0.29) is 0 Å². The average Bonchev–Trinajstić information content (AvgIpc) is 2.17. The Hall–Kier alpha value is -0.670. The minimum absolute atomic E-state index is 0.695. The van der Waals surface area contributed by atoms with Crippen molar-refractivity contribution in [1.82, 2.24) is 0 Å². The second-order valence-corrected chi connectivity index (χ2v) is 4.76. The van der Waals surface area contributed by atoms with Gasteiger partial charge in [-0.3, -0.25) is 4.79 Å². The molecule has 0 aliphatic heterocycles. The Morgan fingerprint density at radius 3 is 2.57 bits per heavy atom. The largest absolute Gasteiger partial charge is 0.298 e. The van der Waals surface area contributed by atoms with E-state index in [0.29, 0.717) is 5.56 Å². The Morgan fingerprint density at radius 2 is 1.86 bits per heavy atom. The molecule has 0 N–H and O–H groups in total. The van der Waals surface area contributed by atoms with E-state index in [1.807, 2.05) is 30.3 Å². The van der Waals surface area contributed by atoms with Gasteiger partial charge in [-0.2, -0.15) is 0 Å². The molecule has 0 aromatic heterocycles. The lowest BCUT2D eigenvalue weighted by molar-refractivity contribution is 0.112. The standard InChI is InChI=1S/C11H6Br2O/c12-9-4-8-2-1-7(6-14)3-10(8)11(13)5-9/h1-6H. The summed E-state index contributed by atoms with van der Waals surface area (Å²) >= 11 is 6.88. The van der Waals surface area contributed by atoms with Crippen LogP contribution in [0.3, 0.4) is 0 Å². The highest BCUT2D eigenvalue weighted by Gasteiger charge is 2.01. The van der Waals surface area contributed by atoms with Gasteiger partial charge in [0.15, 0.2) is 0 Å². The second kappa shape index (κ2) is 3.83. The van der Waals surface area contributed by atoms with Gasteiger partial charge in [0.2, 0.25) is 0 Å².